The Morgan fingerprint density at radius 3 is 2.00 bits per heavy atom. The zero-order valence-electron chi connectivity index (χ0n) is 6.26. The molecule has 0 atom stereocenters. The second-order valence-electron chi connectivity index (χ2n) is 1.55. The van der Waals surface area contributed by atoms with Crippen LogP contribution in [0.15, 0.2) is 24.3 Å². The minimum atomic E-state index is 0. The molecule has 9 heavy (non-hydrogen) atoms. The maximum atomic E-state index is 5.56. The third-order valence-electron chi connectivity index (χ3n) is 0.870. The first kappa shape index (κ1) is 9.57. The van der Waals surface area contributed by atoms with Crippen molar-refractivity contribution in [2.75, 3.05) is 0 Å². The summed E-state index contributed by atoms with van der Waals surface area (Å²) in [6, 6.07) is 7.05. The Labute approximate surface area is 84.8 Å². The van der Waals surface area contributed by atoms with E-state index in [0.29, 0.717) is 0 Å². The van der Waals surface area contributed by atoms with Gasteiger partial charge in [0.1, 0.15) is 7.85 Å². The van der Waals surface area contributed by atoms with Gasteiger partial charge in [-0.05, 0) is 12.1 Å². The van der Waals surface area contributed by atoms with Crippen LogP contribution in [0.5, 0.6) is 0 Å². The van der Waals surface area contributed by atoms with Gasteiger partial charge in [0, 0.05) is 5.02 Å². The quantitative estimate of drug-likeness (QED) is 0.381. The van der Waals surface area contributed by atoms with E-state index in [4.69, 9.17) is 19.4 Å². The van der Waals surface area contributed by atoms with Gasteiger partial charge in [0.15, 0.2) is 0 Å². The monoisotopic (exact) mass is 146 g/mol. The molecule has 0 bridgehead atoms. The molecule has 1 rings (SSSR count). The van der Waals surface area contributed by atoms with E-state index in [1.54, 1.807) is 24.3 Å². The molecule has 0 fully saturated rings. The number of halogens is 1. The molecule has 0 N–H and O–H groups in total. The molecular weight excluding hydrogens is 141 g/mol. The van der Waals surface area contributed by atoms with E-state index in [1.807, 2.05) is 0 Å². The van der Waals surface area contributed by atoms with E-state index in [2.05, 4.69) is 0 Å². The van der Waals surface area contributed by atoms with Crippen molar-refractivity contribution in [3.05, 3.63) is 29.3 Å². The van der Waals surface area contributed by atoms with Gasteiger partial charge in [0.05, 0.1) is 0 Å². The fraction of sp³-hybridized carbons (Fsp3) is 0. The largest absolute Gasteiger partial charge is 1.00 e. The number of benzene rings is 1. The second kappa shape index (κ2) is 4.40. The first-order valence-corrected chi connectivity index (χ1v) is 2.68. The van der Waals surface area contributed by atoms with Crippen molar-refractivity contribution in [2.24, 2.45) is 0 Å². The minimum absolute atomic E-state index is 0. The molecule has 1 aromatic carbocycles. The van der Waals surface area contributed by atoms with Crippen molar-refractivity contribution in [1.82, 2.24) is 0 Å². The molecule has 0 saturated carbocycles. The molecule has 0 amide bonds. The normalized spacial score (nSPS) is 8.11. The van der Waals surface area contributed by atoms with Gasteiger partial charge in [-0.15, -0.1) is 0 Å². The van der Waals surface area contributed by atoms with Gasteiger partial charge in [0.25, 0.3) is 0 Å². The average molecular weight is 146 g/mol. The van der Waals surface area contributed by atoms with Crippen LogP contribution in [-0.2, 0) is 0 Å². The summed E-state index contributed by atoms with van der Waals surface area (Å²) in [7, 11) is 5.37. The fourth-order valence-electron chi connectivity index (χ4n) is 0.463. The van der Waals surface area contributed by atoms with E-state index in [1.165, 1.54) is 0 Å². The fourth-order valence-corrected chi connectivity index (χ4v) is 0.589. The van der Waals surface area contributed by atoms with E-state index in [0.717, 1.165) is 10.5 Å². The van der Waals surface area contributed by atoms with E-state index < -0.39 is 0 Å². The van der Waals surface area contributed by atoms with Crippen molar-refractivity contribution >= 4 is 24.9 Å². The minimum Gasteiger partial charge on any atom is -1.00 e. The Hall–Kier alpha value is 0.575. The Morgan fingerprint density at radius 2 is 1.67 bits per heavy atom. The molecule has 0 saturated heterocycles. The van der Waals surface area contributed by atoms with Crippen LogP contribution >= 0.6 is 11.6 Å². The van der Waals surface area contributed by atoms with Gasteiger partial charge in [-0.1, -0.05) is 29.2 Å². The molecule has 1 aromatic rings. The summed E-state index contributed by atoms with van der Waals surface area (Å²) in [5, 5.41) is 0.721. The molecule has 2 radical (unpaired) electrons. The molecule has 0 heterocycles. The van der Waals surface area contributed by atoms with Crippen LogP contribution in [0.4, 0.5) is 0 Å². The maximum absolute atomic E-state index is 5.56. The van der Waals surface area contributed by atoms with Gasteiger partial charge in [-0.2, -0.15) is 0 Å². The molecule has 0 aliphatic rings. The zero-order valence-corrected chi connectivity index (χ0v) is 8.02. The van der Waals surface area contributed by atoms with Gasteiger partial charge in [-0.3, -0.25) is 0 Å². The van der Waals surface area contributed by atoms with E-state index in [-0.39, 0.29) is 31.0 Å². The summed E-state index contributed by atoms with van der Waals surface area (Å²) in [5.74, 6) is 0. The Kier molecular flexibility index (Phi) is 4.68. The topological polar surface area (TPSA) is 0 Å². The standard InChI is InChI=1S/C6H4BCl.Na.H/c7-5-1-3-6(8)4-2-5;;/h1-4H;;/q;+1;-1. The predicted molar refractivity (Wildman–Crippen MR) is 38.0 cm³/mol. The number of hydrogen-bond acceptors (Lipinski definition) is 0. The van der Waals surface area contributed by atoms with E-state index >= 15 is 0 Å². The van der Waals surface area contributed by atoms with Gasteiger partial charge in [0.2, 0.25) is 0 Å². The summed E-state index contributed by atoms with van der Waals surface area (Å²) in [6.07, 6.45) is 0. The molecule has 0 unspecified atom stereocenters. The van der Waals surface area contributed by atoms with Crippen molar-refractivity contribution in [3.63, 3.8) is 0 Å². The van der Waals surface area contributed by atoms with Gasteiger partial charge < -0.3 is 1.43 Å². The molecule has 3 heteroatoms. The molecule has 0 aliphatic carbocycles. The third kappa shape index (κ3) is 3.31. The Bertz CT molecular complexity index is 157. The molecular formula is C6H5BClNa. The van der Waals surface area contributed by atoms with Crippen LogP contribution in [-0.4, -0.2) is 7.85 Å². The Balaban J connectivity index is 0. The molecule has 40 valence electrons. The first-order chi connectivity index (χ1) is 3.79. The van der Waals surface area contributed by atoms with Crippen LogP contribution in [0.1, 0.15) is 1.43 Å². The van der Waals surface area contributed by atoms with Gasteiger partial charge >= 0.3 is 29.6 Å². The molecule has 0 nitrogen and oxygen atoms in total. The summed E-state index contributed by atoms with van der Waals surface area (Å²) in [6.45, 7) is 0. The summed E-state index contributed by atoms with van der Waals surface area (Å²) < 4.78 is 0. The van der Waals surface area contributed by atoms with Crippen molar-refractivity contribution in [1.29, 1.82) is 0 Å². The smallest absolute Gasteiger partial charge is 1.00 e. The van der Waals surface area contributed by atoms with Crippen LogP contribution in [0.3, 0.4) is 0 Å². The number of rotatable bonds is 0. The summed E-state index contributed by atoms with van der Waals surface area (Å²) >= 11 is 5.56. The summed E-state index contributed by atoms with van der Waals surface area (Å²) in [5.41, 5.74) is 0.745. The van der Waals surface area contributed by atoms with Crippen LogP contribution in [0.25, 0.3) is 0 Å². The predicted octanol–water partition coefficient (Wildman–Crippen LogP) is -1.75. The first-order valence-electron chi connectivity index (χ1n) is 2.30. The van der Waals surface area contributed by atoms with Gasteiger partial charge in [-0.25, -0.2) is 0 Å². The molecule has 0 aromatic heterocycles. The second-order valence-corrected chi connectivity index (χ2v) is 1.99. The van der Waals surface area contributed by atoms with Crippen molar-refractivity contribution < 1.29 is 31.0 Å². The summed E-state index contributed by atoms with van der Waals surface area (Å²) in [4.78, 5) is 0. The van der Waals surface area contributed by atoms with E-state index in [9.17, 15) is 0 Å². The molecule has 0 spiro atoms. The van der Waals surface area contributed by atoms with Crippen LogP contribution in [0, 0.1) is 0 Å². The maximum Gasteiger partial charge on any atom is 1.00 e. The number of hydrogen-bond donors (Lipinski definition) is 0. The Morgan fingerprint density at radius 1 is 1.22 bits per heavy atom. The zero-order chi connectivity index (χ0) is 5.98. The third-order valence-corrected chi connectivity index (χ3v) is 1.12. The average Bonchev–Trinajstić information content (AvgIpc) is 1.77. The molecule has 0 aliphatic heterocycles. The SMILES string of the molecule is [B]c1ccc(Cl)cc1.[H-].[Na+]. The van der Waals surface area contributed by atoms with Crippen LogP contribution in [0.2, 0.25) is 5.02 Å². The van der Waals surface area contributed by atoms with Crippen molar-refractivity contribution in [2.45, 2.75) is 0 Å². The van der Waals surface area contributed by atoms with Crippen molar-refractivity contribution in [3.8, 4) is 0 Å². The van der Waals surface area contributed by atoms with Crippen LogP contribution < -0.4 is 35.0 Å².